The van der Waals surface area contributed by atoms with Crippen molar-refractivity contribution in [3.05, 3.63) is 29.6 Å². The summed E-state index contributed by atoms with van der Waals surface area (Å²) in [4.78, 5) is 18.0. The number of hydrogen-bond acceptors (Lipinski definition) is 3. The summed E-state index contributed by atoms with van der Waals surface area (Å²) in [7, 11) is 1.63. The molecule has 1 saturated heterocycles. The first kappa shape index (κ1) is 21.8. The monoisotopic (exact) mass is 400 g/mol. The van der Waals surface area contributed by atoms with Gasteiger partial charge in [0.25, 0.3) is 0 Å². The smallest absolute Gasteiger partial charge is 0.387 e. The third-order valence-corrected chi connectivity index (χ3v) is 4.68. The van der Waals surface area contributed by atoms with Gasteiger partial charge in [0.15, 0.2) is 5.96 Å². The number of rotatable bonds is 7. The highest BCUT2D eigenvalue weighted by Crippen LogP contribution is 2.25. The number of alkyl halides is 2. The van der Waals surface area contributed by atoms with Gasteiger partial charge in [0.05, 0.1) is 12.1 Å². The molecular weight excluding hydrogens is 373 g/mol. The predicted octanol–water partition coefficient (Wildman–Crippen LogP) is 2.74. The molecule has 1 amide bonds. The number of carbonyl (C=O) groups is 1. The van der Waals surface area contributed by atoms with E-state index in [0.717, 1.165) is 12.8 Å². The Balaban J connectivity index is 2.07. The van der Waals surface area contributed by atoms with Crippen molar-refractivity contribution in [2.45, 2.75) is 39.3 Å². The van der Waals surface area contributed by atoms with E-state index in [9.17, 15) is 18.0 Å². The molecule has 1 fully saturated rings. The highest BCUT2D eigenvalue weighted by atomic mass is 19.3. The van der Waals surface area contributed by atoms with Gasteiger partial charge >= 0.3 is 6.61 Å². The lowest BCUT2D eigenvalue weighted by Crippen LogP contribution is -2.46. The molecular formula is C19H27F3N4O2. The van der Waals surface area contributed by atoms with Gasteiger partial charge in [-0.25, -0.2) is 9.38 Å². The van der Waals surface area contributed by atoms with Crippen molar-refractivity contribution in [2.75, 3.05) is 26.7 Å². The minimum atomic E-state index is -3.03. The van der Waals surface area contributed by atoms with Crippen LogP contribution in [0, 0.1) is 11.7 Å². The van der Waals surface area contributed by atoms with Crippen LogP contribution in [0.3, 0.4) is 0 Å². The summed E-state index contributed by atoms with van der Waals surface area (Å²) in [5.74, 6) is 0.0925. The van der Waals surface area contributed by atoms with Gasteiger partial charge in [-0.2, -0.15) is 8.78 Å². The third kappa shape index (κ3) is 6.31. The van der Waals surface area contributed by atoms with Crippen LogP contribution in [0.1, 0.15) is 31.7 Å². The van der Waals surface area contributed by atoms with E-state index >= 15 is 0 Å². The zero-order chi connectivity index (χ0) is 20.5. The van der Waals surface area contributed by atoms with E-state index in [1.54, 1.807) is 7.05 Å². The molecule has 1 aromatic rings. The fourth-order valence-corrected chi connectivity index (χ4v) is 3.19. The molecule has 9 heteroatoms. The summed E-state index contributed by atoms with van der Waals surface area (Å²) in [5, 5.41) is 5.79. The maximum absolute atomic E-state index is 14.1. The molecule has 0 spiro atoms. The molecule has 0 unspecified atom stereocenters. The third-order valence-electron chi connectivity index (χ3n) is 4.68. The maximum atomic E-state index is 14.1. The Morgan fingerprint density at radius 3 is 2.68 bits per heavy atom. The molecule has 1 heterocycles. The fraction of sp³-hybridized carbons (Fsp3) is 0.579. The van der Waals surface area contributed by atoms with Crippen LogP contribution in [-0.4, -0.2) is 50.1 Å². The van der Waals surface area contributed by atoms with Gasteiger partial charge in [-0.05, 0) is 37.8 Å². The van der Waals surface area contributed by atoms with E-state index in [1.807, 2.05) is 11.8 Å². The van der Waals surface area contributed by atoms with Gasteiger partial charge in [-0.3, -0.25) is 4.79 Å². The highest BCUT2D eigenvalue weighted by Gasteiger charge is 2.23. The first-order valence-electron chi connectivity index (χ1n) is 9.40. The Morgan fingerprint density at radius 2 is 2.07 bits per heavy atom. The predicted molar refractivity (Wildman–Crippen MR) is 101 cm³/mol. The van der Waals surface area contributed by atoms with Gasteiger partial charge in [0.2, 0.25) is 5.91 Å². The molecule has 156 valence electrons. The van der Waals surface area contributed by atoms with Crippen molar-refractivity contribution in [1.82, 2.24) is 15.5 Å². The summed E-state index contributed by atoms with van der Waals surface area (Å²) in [5.41, 5.74) is -0.00675. The summed E-state index contributed by atoms with van der Waals surface area (Å²) in [6.45, 7) is 0.819. The zero-order valence-electron chi connectivity index (χ0n) is 16.2. The number of carbonyl (C=O) groups excluding carboxylic acids is 1. The Labute approximate surface area is 163 Å². The standard InChI is InChI=1S/C19H27F3N4O2/c1-3-24-19(26-9-7-13(8-10-26)11-17(27)23-2)25-12-14-15(20)5-4-6-16(14)28-18(21)22/h4-6,13,18H,3,7-12H2,1-2H3,(H,23,27)(H,24,25). The van der Waals surface area contributed by atoms with Crippen LogP contribution >= 0.6 is 0 Å². The average Bonchev–Trinajstić information content (AvgIpc) is 2.66. The summed E-state index contributed by atoms with van der Waals surface area (Å²) < 4.78 is 43.7. The van der Waals surface area contributed by atoms with Crippen molar-refractivity contribution < 1.29 is 22.7 Å². The Kier molecular flexibility index (Phi) is 8.41. The largest absolute Gasteiger partial charge is 0.434 e. The minimum Gasteiger partial charge on any atom is -0.434 e. The van der Waals surface area contributed by atoms with Gasteiger partial charge in [-0.1, -0.05) is 6.07 Å². The lowest BCUT2D eigenvalue weighted by Gasteiger charge is -2.34. The quantitative estimate of drug-likeness (QED) is 0.546. The highest BCUT2D eigenvalue weighted by molar-refractivity contribution is 5.80. The van der Waals surface area contributed by atoms with Crippen molar-refractivity contribution in [1.29, 1.82) is 0 Å². The van der Waals surface area contributed by atoms with E-state index in [1.165, 1.54) is 18.2 Å². The molecule has 1 aliphatic heterocycles. The topological polar surface area (TPSA) is 66.0 Å². The number of likely N-dealkylation sites (tertiary alicyclic amines) is 1. The van der Waals surface area contributed by atoms with Gasteiger partial charge in [0, 0.05) is 33.1 Å². The molecule has 1 aliphatic rings. The number of piperidine rings is 1. The van der Waals surface area contributed by atoms with Crippen LogP contribution in [0.4, 0.5) is 13.2 Å². The molecule has 28 heavy (non-hydrogen) atoms. The SMILES string of the molecule is CCNC(=NCc1c(F)cccc1OC(F)F)N1CCC(CC(=O)NC)CC1. The van der Waals surface area contributed by atoms with E-state index in [4.69, 9.17) is 0 Å². The normalized spacial score (nSPS) is 15.6. The van der Waals surface area contributed by atoms with E-state index < -0.39 is 12.4 Å². The molecule has 2 N–H and O–H groups in total. The number of halogens is 3. The summed E-state index contributed by atoms with van der Waals surface area (Å²) >= 11 is 0. The van der Waals surface area contributed by atoms with Crippen LogP contribution in [0.15, 0.2) is 23.2 Å². The molecule has 6 nitrogen and oxygen atoms in total. The van der Waals surface area contributed by atoms with E-state index in [2.05, 4.69) is 20.4 Å². The van der Waals surface area contributed by atoms with Gasteiger partial charge in [-0.15, -0.1) is 0 Å². The van der Waals surface area contributed by atoms with E-state index in [0.29, 0.717) is 37.9 Å². The maximum Gasteiger partial charge on any atom is 0.387 e. The molecule has 1 aromatic carbocycles. The molecule has 0 radical (unpaired) electrons. The second-order valence-electron chi connectivity index (χ2n) is 6.57. The number of nitrogens with zero attached hydrogens (tertiary/aromatic N) is 2. The minimum absolute atomic E-state index is 0.00675. The van der Waals surface area contributed by atoms with Gasteiger partial charge < -0.3 is 20.3 Å². The molecule has 0 aliphatic carbocycles. The fourth-order valence-electron chi connectivity index (χ4n) is 3.19. The number of benzene rings is 1. The first-order chi connectivity index (χ1) is 13.4. The first-order valence-corrected chi connectivity index (χ1v) is 9.40. The number of hydrogen-bond donors (Lipinski definition) is 2. The van der Waals surface area contributed by atoms with Crippen LogP contribution in [0.25, 0.3) is 0 Å². The number of nitrogens with one attached hydrogen (secondary N) is 2. The number of guanidine groups is 1. The Hall–Kier alpha value is -2.45. The Bertz CT molecular complexity index is 677. The number of amides is 1. The molecule has 0 bridgehead atoms. The molecule has 0 atom stereocenters. The van der Waals surface area contributed by atoms with Crippen molar-refractivity contribution in [3.63, 3.8) is 0 Å². The average molecular weight is 400 g/mol. The summed E-state index contributed by atoms with van der Waals surface area (Å²) in [6.07, 6.45) is 2.19. The van der Waals surface area contributed by atoms with Crippen molar-refractivity contribution in [2.24, 2.45) is 10.9 Å². The number of aliphatic imine (C=N–C) groups is 1. The second kappa shape index (κ2) is 10.8. The zero-order valence-corrected chi connectivity index (χ0v) is 16.2. The van der Waals surface area contributed by atoms with Gasteiger partial charge in [0.1, 0.15) is 11.6 Å². The molecule has 0 saturated carbocycles. The van der Waals surface area contributed by atoms with Crippen LogP contribution in [0.2, 0.25) is 0 Å². The lowest BCUT2D eigenvalue weighted by molar-refractivity contribution is -0.121. The van der Waals surface area contributed by atoms with Crippen molar-refractivity contribution in [3.8, 4) is 5.75 Å². The van der Waals surface area contributed by atoms with Crippen LogP contribution in [0.5, 0.6) is 5.75 Å². The summed E-state index contributed by atoms with van der Waals surface area (Å²) in [6, 6.07) is 3.82. The lowest BCUT2D eigenvalue weighted by atomic mass is 9.93. The van der Waals surface area contributed by atoms with E-state index in [-0.39, 0.29) is 23.8 Å². The second-order valence-corrected chi connectivity index (χ2v) is 6.57. The molecule has 2 rings (SSSR count). The molecule has 0 aromatic heterocycles. The Morgan fingerprint density at radius 1 is 1.36 bits per heavy atom. The van der Waals surface area contributed by atoms with Crippen LogP contribution in [-0.2, 0) is 11.3 Å². The number of ether oxygens (including phenoxy) is 1. The van der Waals surface area contributed by atoms with Crippen molar-refractivity contribution >= 4 is 11.9 Å². The van der Waals surface area contributed by atoms with Crippen LogP contribution < -0.4 is 15.4 Å².